The van der Waals surface area contributed by atoms with Crippen molar-refractivity contribution in [3.63, 3.8) is 0 Å². The van der Waals surface area contributed by atoms with Crippen LogP contribution < -0.4 is 5.32 Å². The summed E-state index contributed by atoms with van der Waals surface area (Å²) in [5.41, 5.74) is 1.68. The lowest BCUT2D eigenvalue weighted by molar-refractivity contribution is 0.373. The van der Waals surface area contributed by atoms with Gasteiger partial charge in [-0.2, -0.15) is 0 Å². The zero-order valence-corrected chi connectivity index (χ0v) is 7.36. The van der Waals surface area contributed by atoms with Crippen LogP contribution in [0.15, 0.2) is 22.7 Å². The zero-order chi connectivity index (χ0) is 7.84. The first-order valence-electron chi connectivity index (χ1n) is 3.45. The fourth-order valence-corrected chi connectivity index (χ4v) is 1.64. The fourth-order valence-electron chi connectivity index (χ4n) is 1.26. The highest BCUT2D eigenvalue weighted by atomic mass is 79.9. The molecule has 1 atom stereocenters. The Balaban J connectivity index is 2.52. The van der Waals surface area contributed by atoms with Gasteiger partial charge in [0, 0.05) is 15.7 Å². The number of anilines is 1. The number of hydrogen-bond acceptors (Lipinski definition) is 1. The molecule has 0 amide bonds. The molecule has 0 aliphatic carbocycles. The Morgan fingerprint density at radius 2 is 2.36 bits per heavy atom. The summed E-state index contributed by atoms with van der Waals surface area (Å²) < 4.78 is 13.9. The Morgan fingerprint density at radius 3 is 3.18 bits per heavy atom. The molecule has 0 aromatic heterocycles. The average Bonchev–Trinajstić information content (AvgIpc) is 2.33. The molecule has 11 heavy (non-hydrogen) atoms. The Labute approximate surface area is 72.7 Å². The van der Waals surface area contributed by atoms with E-state index in [1.165, 1.54) is 0 Å². The lowest BCUT2D eigenvalue weighted by Crippen LogP contribution is -1.94. The third-order valence-corrected chi connectivity index (χ3v) is 2.32. The average molecular weight is 216 g/mol. The van der Waals surface area contributed by atoms with Gasteiger partial charge in [-0.05, 0) is 18.2 Å². The first-order chi connectivity index (χ1) is 5.27. The van der Waals surface area contributed by atoms with E-state index >= 15 is 0 Å². The van der Waals surface area contributed by atoms with Gasteiger partial charge in [0.2, 0.25) is 0 Å². The SMILES string of the molecule is FC1CNc2ccc(Br)cc21. The number of nitrogens with one attached hydrogen (secondary N) is 1. The Kier molecular flexibility index (Phi) is 1.60. The molecule has 1 nitrogen and oxygen atoms in total. The van der Waals surface area contributed by atoms with Crippen LogP contribution in [0.25, 0.3) is 0 Å². The zero-order valence-electron chi connectivity index (χ0n) is 5.77. The Bertz CT molecular complexity index is 287. The minimum Gasteiger partial charge on any atom is -0.381 e. The summed E-state index contributed by atoms with van der Waals surface area (Å²) in [4.78, 5) is 0. The van der Waals surface area contributed by atoms with Crippen LogP contribution in [-0.2, 0) is 0 Å². The van der Waals surface area contributed by atoms with Crippen molar-refractivity contribution in [3.8, 4) is 0 Å². The molecule has 1 heterocycles. The van der Waals surface area contributed by atoms with E-state index in [2.05, 4.69) is 21.2 Å². The maximum absolute atomic E-state index is 13.0. The van der Waals surface area contributed by atoms with Crippen LogP contribution in [0.5, 0.6) is 0 Å². The van der Waals surface area contributed by atoms with Gasteiger partial charge in [-0.3, -0.25) is 0 Å². The summed E-state index contributed by atoms with van der Waals surface area (Å²) in [6, 6.07) is 5.61. The maximum atomic E-state index is 13.0. The van der Waals surface area contributed by atoms with E-state index in [1.807, 2.05) is 18.2 Å². The van der Waals surface area contributed by atoms with Gasteiger partial charge < -0.3 is 5.32 Å². The smallest absolute Gasteiger partial charge is 0.144 e. The van der Waals surface area contributed by atoms with Gasteiger partial charge in [-0.25, -0.2) is 4.39 Å². The monoisotopic (exact) mass is 215 g/mol. The standard InChI is InChI=1S/C8H7BrFN/c9-5-1-2-8-6(3-5)7(10)4-11-8/h1-3,7,11H,4H2. The largest absolute Gasteiger partial charge is 0.381 e. The molecule has 1 aromatic carbocycles. The van der Waals surface area contributed by atoms with Gasteiger partial charge in [0.15, 0.2) is 0 Å². The number of rotatable bonds is 0. The lowest BCUT2D eigenvalue weighted by Gasteiger charge is -1.99. The second kappa shape index (κ2) is 2.48. The van der Waals surface area contributed by atoms with Crippen molar-refractivity contribution in [1.82, 2.24) is 0 Å². The van der Waals surface area contributed by atoms with Gasteiger partial charge in [0.25, 0.3) is 0 Å². The number of benzene rings is 1. The molecule has 0 bridgehead atoms. The summed E-state index contributed by atoms with van der Waals surface area (Å²) in [6.07, 6.45) is -0.845. The van der Waals surface area contributed by atoms with Crippen LogP contribution in [0.2, 0.25) is 0 Å². The molecule has 1 N–H and O–H groups in total. The second-order valence-corrected chi connectivity index (χ2v) is 3.50. The summed E-state index contributed by atoms with van der Waals surface area (Å²) in [5.74, 6) is 0. The van der Waals surface area contributed by atoms with Crippen LogP contribution in [0.3, 0.4) is 0 Å². The van der Waals surface area contributed by atoms with Crippen molar-refractivity contribution in [2.75, 3.05) is 11.9 Å². The van der Waals surface area contributed by atoms with E-state index in [0.717, 1.165) is 15.7 Å². The fraction of sp³-hybridized carbons (Fsp3) is 0.250. The molecule has 1 aliphatic rings. The van der Waals surface area contributed by atoms with Crippen molar-refractivity contribution >= 4 is 21.6 Å². The normalized spacial score (nSPS) is 21.1. The topological polar surface area (TPSA) is 12.0 Å². The van der Waals surface area contributed by atoms with E-state index in [0.29, 0.717) is 6.54 Å². The van der Waals surface area contributed by atoms with Crippen molar-refractivity contribution in [1.29, 1.82) is 0 Å². The van der Waals surface area contributed by atoms with Crippen molar-refractivity contribution in [2.45, 2.75) is 6.17 Å². The highest BCUT2D eigenvalue weighted by molar-refractivity contribution is 9.10. The maximum Gasteiger partial charge on any atom is 0.144 e. The van der Waals surface area contributed by atoms with E-state index in [-0.39, 0.29) is 0 Å². The predicted molar refractivity (Wildman–Crippen MR) is 46.5 cm³/mol. The van der Waals surface area contributed by atoms with Crippen LogP contribution in [0.1, 0.15) is 11.7 Å². The van der Waals surface area contributed by atoms with Crippen molar-refractivity contribution < 1.29 is 4.39 Å². The molecule has 0 spiro atoms. The summed E-state index contributed by atoms with van der Waals surface area (Å²) in [5, 5.41) is 2.98. The highest BCUT2D eigenvalue weighted by Crippen LogP contribution is 2.33. The third-order valence-electron chi connectivity index (χ3n) is 1.82. The van der Waals surface area contributed by atoms with E-state index in [9.17, 15) is 4.39 Å². The molecule has 0 saturated heterocycles. The van der Waals surface area contributed by atoms with Crippen LogP contribution in [0.4, 0.5) is 10.1 Å². The minimum atomic E-state index is -0.845. The molecule has 1 aliphatic heterocycles. The van der Waals surface area contributed by atoms with E-state index < -0.39 is 6.17 Å². The molecule has 1 unspecified atom stereocenters. The molecule has 1 aromatic rings. The molecule has 3 heteroatoms. The highest BCUT2D eigenvalue weighted by Gasteiger charge is 2.20. The Hall–Kier alpha value is -0.570. The molecular weight excluding hydrogens is 209 g/mol. The number of fused-ring (bicyclic) bond motifs is 1. The molecule has 0 fully saturated rings. The summed E-state index contributed by atoms with van der Waals surface area (Å²) in [7, 11) is 0. The van der Waals surface area contributed by atoms with Crippen molar-refractivity contribution in [2.24, 2.45) is 0 Å². The second-order valence-electron chi connectivity index (χ2n) is 2.58. The number of halogens is 2. The molecule has 2 rings (SSSR count). The molecular formula is C8H7BrFN. The van der Waals surface area contributed by atoms with Gasteiger partial charge in [-0.15, -0.1) is 0 Å². The third kappa shape index (κ3) is 1.13. The molecule has 0 radical (unpaired) electrons. The quantitative estimate of drug-likeness (QED) is 0.702. The summed E-state index contributed by atoms with van der Waals surface area (Å²) >= 11 is 3.30. The van der Waals surface area contributed by atoms with Crippen LogP contribution in [0, 0.1) is 0 Å². The van der Waals surface area contributed by atoms with Crippen LogP contribution >= 0.6 is 15.9 Å². The van der Waals surface area contributed by atoms with Gasteiger partial charge in [-0.1, -0.05) is 15.9 Å². The first kappa shape index (κ1) is 7.10. The van der Waals surface area contributed by atoms with E-state index in [4.69, 9.17) is 0 Å². The van der Waals surface area contributed by atoms with Gasteiger partial charge >= 0.3 is 0 Å². The first-order valence-corrected chi connectivity index (χ1v) is 4.24. The minimum absolute atomic E-state index is 0.409. The van der Waals surface area contributed by atoms with Crippen molar-refractivity contribution in [3.05, 3.63) is 28.2 Å². The lowest BCUT2D eigenvalue weighted by atomic mass is 10.1. The van der Waals surface area contributed by atoms with Gasteiger partial charge in [0.05, 0.1) is 6.54 Å². The molecule has 0 saturated carbocycles. The van der Waals surface area contributed by atoms with E-state index in [1.54, 1.807) is 0 Å². The Morgan fingerprint density at radius 1 is 1.55 bits per heavy atom. The van der Waals surface area contributed by atoms with Gasteiger partial charge in [0.1, 0.15) is 6.17 Å². The number of hydrogen-bond donors (Lipinski definition) is 1. The van der Waals surface area contributed by atoms with Crippen LogP contribution in [-0.4, -0.2) is 6.54 Å². The molecule has 58 valence electrons. The predicted octanol–water partition coefficient (Wildman–Crippen LogP) is 2.89. The number of alkyl halides is 1. The summed E-state index contributed by atoms with van der Waals surface area (Å²) in [6.45, 7) is 0.409.